The average Bonchev–Trinajstić information content (AvgIpc) is 3.47. The minimum absolute atomic E-state index is 0.322. The van der Waals surface area contributed by atoms with E-state index in [9.17, 15) is 14.0 Å². The van der Waals surface area contributed by atoms with Crippen molar-refractivity contribution < 1.29 is 14.0 Å². The molecule has 2 N–H and O–H groups in total. The second kappa shape index (κ2) is 8.33. The van der Waals surface area contributed by atoms with E-state index in [0.717, 1.165) is 35.9 Å². The lowest BCUT2D eigenvalue weighted by atomic mass is 9.95. The largest absolute Gasteiger partial charge is 0.361 e. The monoisotopic (exact) mass is 444 g/mol. The average molecular weight is 445 g/mol. The summed E-state index contributed by atoms with van der Waals surface area (Å²) in [6.45, 7) is 7.50. The maximum Gasteiger partial charge on any atom is 0.259 e. The lowest BCUT2D eigenvalue weighted by molar-refractivity contribution is -0.122. The molecule has 168 valence electrons. The molecule has 5 rings (SSSR count). The van der Waals surface area contributed by atoms with Gasteiger partial charge in [0, 0.05) is 52.9 Å². The van der Waals surface area contributed by atoms with Crippen LogP contribution in [0.3, 0.4) is 0 Å². The van der Waals surface area contributed by atoms with Crippen molar-refractivity contribution in [1.29, 1.82) is 0 Å². The molecule has 0 bridgehead atoms. The molecule has 33 heavy (non-hydrogen) atoms. The summed E-state index contributed by atoms with van der Waals surface area (Å²) in [4.78, 5) is 31.4. The van der Waals surface area contributed by atoms with E-state index in [1.807, 2.05) is 35.0 Å². The molecule has 2 amide bonds. The lowest BCUT2D eigenvalue weighted by Crippen LogP contribution is -2.26. The van der Waals surface area contributed by atoms with Crippen LogP contribution in [0, 0.1) is 5.82 Å². The van der Waals surface area contributed by atoms with Crippen molar-refractivity contribution in [2.75, 3.05) is 19.6 Å². The van der Waals surface area contributed by atoms with Gasteiger partial charge in [0.1, 0.15) is 5.82 Å². The number of halogens is 1. The molecular weight excluding hydrogens is 419 g/mol. The van der Waals surface area contributed by atoms with Crippen molar-refractivity contribution in [2.45, 2.75) is 20.4 Å². The number of benzene rings is 2. The van der Waals surface area contributed by atoms with Gasteiger partial charge in [-0.1, -0.05) is 32.0 Å². The Morgan fingerprint density at radius 1 is 0.939 bits per heavy atom. The van der Waals surface area contributed by atoms with Crippen molar-refractivity contribution in [3.05, 3.63) is 71.8 Å². The highest BCUT2D eigenvalue weighted by molar-refractivity contribution is 6.50. The van der Waals surface area contributed by atoms with Gasteiger partial charge in [-0.05, 0) is 37.4 Å². The van der Waals surface area contributed by atoms with Gasteiger partial charge in [0.25, 0.3) is 11.8 Å². The summed E-state index contributed by atoms with van der Waals surface area (Å²) in [5.74, 6) is -1.20. The number of imide groups is 1. The number of likely N-dealkylation sites (N-methyl/N-ethyl adjacent to an activating group) is 1. The molecule has 4 aromatic rings. The van der Waals surface area contributed by atoms with E-state index in [4.69, 9.17) is 0 Å². The number of nitrogens with zero attached hydrogens (tertiary/aromatic N) is 2. The van der Waals surface area contributed by atoms with Crippen molar-refractivity contribution in [3.8, 4) is 0 Å². The quantitative estimate of drug-likeness (QED) is 0.421. The fraction of sp³-hybridized carbons (Fsp3) is 0.231. The smallest absolute Gasteiger partial charge is 0.259 e. The summed E-state index contributed by atoms with van der Waals surface area (Å²) >= 11 is 0. The number of aromatic amines is 1. The van der Waals surface area contributed by atoms with Crippen molar-refractivity contribution >= 4 is 44.8 Å². The first kappa shape index (κ1) is 21.2. The maximum atomic E-state index is 14.2. The van der Waals surface area contributed by atoms with E-state index in [-0.39, 0.29) is 5.82 Å². The van der Waals surface area contributed by atoms with Crippen LogP contribution in [0.1, 0.15) is 25.0 Å². The van der Waals surface area contributed by atoms with E-state index in [1.54, 1.807) is 12.3 Å². The van der Waals surface area contributed by atoms with Crippen LogP contribution in [0.15, 0.2) is 54.9 Å². The number of hydrogen-bond acceptors (Lipinski definition) is 3. The summed E-state index contributed by atoms with van der Waals surface area (Å²) in [5.41, 5.74) is 3.56. The van der Waals surface area contributed by atoms with Gasteiger partial charge in [-0.2, -0.15) is 0 Å². The number of amides is 2. The highest BCUT2D eigenvalue weighted by Gasteiger charge is 2.35. The van der Waals surface area contributed by atoms with Crippen LogP contribution in [-0.2, 0) is 16.1 Å². The predicted octanol–water partition coefficient (Wildman–Crippen LogP) is 4.17. The number of para-hydroxylation sites is 1. The molecule has 0 spiro atoms. The first-order valence-electron chi connectivity index (χ1n) is 11.2. The molecule has 0 saturated carbocycles. The zero-order valence-electron chi connectivity index (χ0n) is 18.6. The normalized spacial score (nSPS) is 14.3. The molecule has 7 heteroatoms. The van der Waals surface area contributed by atoms with Gasteiger partial charge in [0.2, 0.25) is 0 Å². The molecule has 0 radical (unpaired) electrons. The van der Waals surface area contributed by atoms with Gasteiger partial charge >= 0.3 is 0 Å². The lowest BCUT2D eigenvalue weighted by Gasteiger charge is -2.18. The van der Waals surface area contributed by atoms with E-state index in [0.29, 0.717) is 34.3 Å². The Morgan fingerprint density at radius 2 is 1.67 bits per heavy atom. The second-order valence-corrected chi connectivity index (χ2v) is 8.21. The first-order chi connectivity index (χ1) is 16.0. The number of rotatable bonds is 7. The summed E-state index contributed by atoms with van der Waals surface area (Å²) in [5, 5.41) is 4.08. The summed E-state index contributed by atoms with van der Waals surface area (Å²) < 4.78 is 16.1. The third kappa shape index (κ3) is 3.54. The molecule has 0 fully saturated rings. The summed E-state index contributed by atoms with van der Waals surface area (Å²) in [6.07, 6.45) is 3.63. The molecule has 0 aliphatic carbocycles. The van der Waals surface area contributed by atoms with E-state index >= 15 is 0 Å². The number of H-pyrrole nitrogens is 1. The Kier molecular flexibility index (Phi) is 5.34. The Bertz CT molecular complexity index is 1420. The molecule has 1 aliphatic heterocycles. The third-order valence-corrected chi connectivity index (χ3v) is 6.45. The molecule has 6 nitrogen and oxygen atoms in total. The zero-order valence-corrected chi connectivity index (χ0v) is 18.6. The van der Waals surface area contributed by atoms with Crippen LogP contribution in [0.4, 0.5) is 4.39 Å². The molecule has 2 aromatic heterocycles. The van der Waals surface area contributed by atoms with Gasteiger partial charge in [-0.15, -0.1) is 0 Å². The minimum Gasteiger partial charge on any atom is -0.361 e. The van der Waals surface area contributed by atoms with Gasteiger partial charge in [0.15, 0.2) is 0 Å². The molecule has 3 heterocycles. The van der Waals surface area contributed by atoms with Gasteiger partial charge < -0.3 is 14.5 Å². The van der Waals surface area contributed by atoms with Crippen LogP contribution in [-0.4, -0.2) is 45.9 Å². The first-order valence-corrected chi connectivity index (χ1v) is 11.2. The van der Waals surface area contributed by atoms with Crippen LogP contribution in [0.5, 0.6) is 0 Å². The molecule has 2 aromatic carbocycles. The topological polar surface area (TPSA) is 70.1 Å². The number of carbonyl (C=O) groups excluding carboxylic acids is 2. The van der Waals surface area contributed by atoms with Crippen molar-refractivity contribution in [1.82, 2.24) is 19.8 Å². The van der Waals surface area contributed by atoms with Gasteiger partial charge in [-0.25, -0.2) is 4.39 Å². The number of aromatic nitrogens is 2. The van der Waals surface area contributed by atoms with Gasteiger partial charge in [0.05, 0.1) is 16.7 Å². The minimum atomic E-state index is -0.438. The standard InChI is InChI=1S/C26H25FN4O2/c1-3-30(4-2)11-12-31-15-20(18-10-9-16(27)13-22(18)31)24-23(25(32)29-26(24)33)19-14-28-21-8-6-5-7-17(19)21/h5-10,13-15,28H,3-4,11-12H2,1-2H3,(H,29,32,33). The number of hydrogen-bond donors (Lipinski definition) is 2. The molecule has 0 saturated heterocycles. The van der Waals surface area contributed by atoms with Crippen LogP contribution < -0.4 is 5.32 Å². The number of carbonyl (C=O) groups is 2. The maximum absolute atomic E-state index is 14.2. The van der Waals surface area contributed by atoms with E-state index < -0.39 is 11.8 Å². The highest BCUT2D eigenvalue weighted by atomic mass is 19.1. The fourth-order valence-corrected chi connectivity index (χ4v) is 4.69. The second-order valence-electron chi connectivity index (χ2n) is 8.21. The summed E-state index contributed by atoms with van der Waals surface area (Å²) in [6, 6.07) is 12.2. The molecular formula is C26H25FN4O2. The van der Waals surface area contributed by atoms with E-state index in [1.165, 1.54) is 12.1 Å². The Balaban J connectivity index is 1.71. The van der Waals surface area contributed by atoms with Crippen LogP contribution in [0.25, 0.3) is 33.0 Å². The molecule has 1 aliphatic rings. The Morgan fingerprint density at radius 3 is 2.42 bits per heavy atom. The zero-order chi connectivity index (χ0) is 23.1. The van der Waals surface area contributed by atoms with Crippen LogP contribution >= 0.6 is 0 Å². The Hall–Kier alpha value is -3.71. The number of fused-ring (bicyclic) bond motifs is 2. The molecule has 0 unspecified atom stereocenters. The van der Waals surface area contributed by atoms with Crippen molar-refractivity contribution in [3.63, 3.8) is 0 Å². The SMILES string of the molecule is CCN(CC)CCn1cc(C2=C(c3c[nH]c4ccccc34)C(=O)NC2=O)c2ccc(F)cc21. The predicted molar refractivity (Wildman–Crippen MR) is 128 cm³/mol. The van der Waals surface area contributed by atoms with E-state index in [2.05, 4.69) is 29.0 Å². The van der Waals surface area contributed by atoms with Crippen molar-refractivity contribution in [2.24, 2.45) is 0 Å². The number of nitrogens with one attached hydrogen (secondary N) is 2. The summed E-state index contributed by atoms with van der Waals surface area (Å²) in [7, 11) is 0. The van der Waals surface area contributed by atoms with Gasteiger partial charge in [-0.3, -0.25) is 14.9 Å². The Labute approximate surface area is 190 Å². The third-order valence-electron chi connectivity index (χ3n) is 6.45. The van der Waals surface area contributed by atoms with Crippen LogP contribution in [0.2, 0.25) is 0 Å². The molecule has 0 atom stereocenters. The fourth-order valence-electron chi connectivity index (χ4n) is 4.69. The highest BCUT2D eigenvalue weighted by Crippen LogP contribution is 2.38.